The molecule has 4 aliphatic heterocycles. The van der Waals surface area contributed by atoms with Crippen LogP contribution >= 0.6 is 0 Å². The average Bonchev–Trinajstić information content (AvgIpc) is 1.26. The molecule has 0 spiro atoms. The fourth-order valence-corrected chi connectivity index (χ4v) is 10.4. The van der Waals surface area contributed by atoms with E-state index in [4.69, 9.17) is 90.0 Å². The number of carbonyl (C=O) groups is 12. The van der Waals surface area contributed by atoms with Crippen LogP contribution in [0.25, 0.3) is 0 Å². The Bertz CT molecular complexity index is 3160. The molecule has 32 heteroatoms. The quantitative estimate of drug-likeness (QED) is 0.0930. The van der Waals surface area contributed by atoms with Gasteiger partial charge in [-0.2, -0.15) is 0 Å². The Morgan fingerprint density at radius 2 is 0.585 bits per heavy atom. The van der Waals surface area contributed by atoms with Crippen LogP contribution in [-0.4, -0.2) is 220 Å². The second kappa shape index (κ2) is 33.7. The van der Waals surface area contributed by atoms with Crippen LogP contribution in [0.3, 0.4) is 0 Å². The predicted molar refractivity (Wildman–Crippen MR) is 303 cm³/mol. The van der Waals surface area contributed by atoms with E-state index >= 15 is 0 Å². The largest absolute Gasteiger partial charge is 0.463 e. The zero-order chi connectivity index (χ0) is 68.5. The molecule has 510 valence electrons. The Balaban J connectivity index is 1.26. The van der Waals surface area contributed by atoms with E-state index in [2.05, 4.69) is 0 Å². The molecule has 4 aliphatic rings. The van der Waals surface area contributed by atoms with E-state index in [0.717, 1.165) is 62.3 Å². The lowest BCUT2D eigenvalue weighted by molar-refractivity contribution is -0.349. The summed E-state index contributed by atoms with van der Waals surface area (Å²) >= 11 is 0. The Labute approximate surface area is 535 Å². The maximum Gasteiger partial charge on any atom is 0.338 e. The van der Waals surface area contributed by atoms with Crippen LogP contribution in [0.1, 0.15) is 93.4 Å². The Kier molecular flexibility index (Phi) is 26.0. The topological polar surface area (TPSA) is 400 Å². The minimum Gasteiger partial charge on any atom is -0.463 e. The highest BCUT2D eigenvalue weighted by Gasteiger charge is 2.59. The number of rotatable bonds is 25. The third-order valence-electron chi connectivity index (χ3n) is 14.0. The van der Waals surface area contributed by atoms with Crippen molar-refractivity contribution < 1.29 is 153 Å². The fourth-order valence-electron chi connectivity index (χ4n) is 10.4. The second-order valence-electron chi connectivity index (χ2n) is 21.3. The van der Waals surface area contributed by atoms with Gasteiger partial charge in [0.15, 0.2) is 86.2 Å². The summed E-state index contributed by atoms with van der Waals surface area (Å²) in [6, 6.07) is 22.7. The number of benzene rings is 3. The van der Waals surface area contributed by atoms with E-state index in [1.165, 1.54) is 48.5 Å². The molecule has 0 aromatic heterocycles. The van der Waals surface area contributed by atoms with Crippen molar-refractivity contribution in [2.45, 2.75) is 179 Å². The molecule has 4 heterocycles. The summed E-state index contributed by atoms with van der Waals surface area (Å²) in [7, 11) is 0. The van der Waals surface area contributed by atoms with Gasteiger partial charge in [-0.05, 0) is 36.4 Å². The normalized spacial score (nSPS) is 29.5. The zero-order valence-corrected chi connectivity index (χ0v) is 52.1. The average molecular weight is 1330 g/mol. The number of hydrogen-bond acceptors (Lipinski definition) is 32. The van der Waals surface area contributed by atoms with Gasteiger partial charge in [-0.3, -0.25) is 43.2 Å². The van der Waals surface area contributed by atoms with Gasteiger partial charge in [0.05, 0.1) is 29.9 Å². The van der Waals surface area contributed by atoms with Crippen molar-refractivity contribution in [1.29, 1.82) is 0 Å². The summed E-state index contributed by atoms with van der Waals surface area (Å²) in [4.78, 5) is 156. The van der Waals surface area contributed by atoms with E-state index in [9.17, 15) is 62.6 Å². The molecule has 4 fully saturated rings. The molecule has 0 amide bonds. The number of esters is 12. The van der Waals surface area contributed by atoms with Crippen molar-refractivity contribution in [2.24, 2.45) is 0 Å². The first-order chi connectivity index (χ1) is 44.7. The molecule has 4 saturated heterocycles. The minimum absolute atomic E-state index is 0.0143. The number of carbonyl (C=O) groups excluding carboxylic acids is 12. The van der Waals surface area contributed by atoms with Gasteiger partial charge in [0.1, 0.15) is 43.7 Å². The van der Waals surface area contributed by atoms with Crippen LogP contribution in [0, 0.1) is 0 Å². The maximum absolute atomic E-state index is 14.1. The highest BCUT2D eigenvalue weighted by molar-refractivity contribution is 5.91. The van der Waals surface area contributed by atoms with Crippen LogP contribution in [0.5, 0.6) is 0 Å². The highest BCUT2D eigenvalue weighted by Crippen LogP contribution is 2.38. The smallest absolute Gasteiger partial charge is 0.338 e. The number of aliphatic hydroxyl groups is 1. The standard InChI is InChI=1S/C62H70O32/c1-29(63)76-25-42-46(81-31(3)65)50(83-33(5)67)54(86-36(8)70)61(89-42)79-28-44-47(82-32(4)66)51(84-34(6)68)55(87-37(9)71)60(90-44)78-27-41-45(80-30(2)64)49(52(59(75)88-41)85-35(7)69)94-62-53(93-58(74)40-23-17-12-18-24-40)48(92-57(73)39-21-15-11-16-22-39)43(91-62)26-77-56(72)38-19-13-10-14-20-38/h10-24,41-55,59-62,75H,25-28H2,1-9H3/t41-,42-,43+,44-,45+,46+,47+,48+,49+,50+,51+,52-,53-,54-,55-,59?,60-,61-,62+/m1/s1. The van der Waals surface area contributed by atoms with Crippen molar-refractivity contribution in [1.82, 2.24) is 0 Å². The summed E-state index contributed by atoms with van der Waals surface area (Å²) in [6.07, 6.45) is -35.2. The van der Waals surface area contributed by atoms with Crippen molar-refractivity contribution in [3.63, 3.8) is 0 Å². The van der Waals surface area contributed by atoms with Crippen molar-refractivity contribution >= 4 is 71.6 Å². The van der Waals surface area contributed by atoms with Crippen LogP contribution < -0.4 is 0 Å². The van der Waals surface area contributed by atoms with E-state index in [0.29, 0.717) is 0 Å². The van der Waals surface area contributed by atoms with Crippen molar-refractivity contribution in [2.75, 3.05) is 26.4 Å². The number of aliphatic hydroxyl groups excluding tert-OH is 1. The summed E-state index contributed by atoms with van der Waals surface area (Å²) in [5.74, 6) is -11.9. The van der Waals surface area contributed by atoms with Gasteiger partial charge in [0.2, 0.25) is 0 Å². The lowest BCUT2D eigenvalue weighted by Crippen LogP contribution is -2.65. The molecule has 3 aromatic rings. The van der Waals surface area contributed by atoms with Crippen LogP contribution in [0.2, 0.25) is 0 Å². The van der Waals surface area contributed by atoms with E-state index in [1.54, 1.807) is 42.5 Å². The van der Waals surface area contributed by atoms with Crippen molar-refractivity contribution in [3.8, 4) is 0 Å². The van der Waals surface area contributed by atoms with E-state index in [-0.39, 0.29) is 16.7 Å². The van der Waals surface area contributed by atoms with E-state index in [1.807, 2.05) is 0 Å². The zero-order valence-electron chi connectivity index (χ0n) is 52.1. The fraction of sp³-hybridized carbons (Fsp3) is 0.516. The molecule has 19 atom stereocenters. The van der Waals surface area contributed by atoms with Crippen LogP contribution in [-0.2, 0) is 133 Å². The molecule has 0 aliphatic carbocycles. The van der Waals surface area contributed by atoms with Crippen LogP contribution in [0.15, 0.2) is 91.0 Å². The van der Waals surface area contributed by atoms with Gasteiger partial charge in [0.25, 0.3) is 0 Å². The summed E-state index contributed by atoms with van der Waals surface area (Å²) in [6.45, 7) is 5.50. The van der Waals surface area contributed by atoms with Gasteiger partial charge in [-0.25, -0.2) is 14.4 Å². The first-order valence-corrected chi connectivity index (χ1v) is 29.1. The monoisotopic (exact) mass is 1330 g/mol. The lowest BCUT2D eigenvalue weighted by Gasteiger charge is -2.47. The van der Waals surface area contributed by atoms with Crippen molar-refractivity contribution in [3.05, 3.63) is 108 Å². The summed E-state index contributed by atoms with van der Waals surface area (Å²) < 4.78 is 111. The Morgan fingerprint density at radius 3 is 0.979 bits per heavy atom. The van der Waals surface area contributed by atoms with Gasteiger partial charge < -0.3 is 95.1 Å². The molecule has 1 unspecified atom stereocenters. The van der Waals surface area contributed by atoms with Gasteiger partial charge >= 0.3 is 71.6 Å². The molecule has 0 bridgehead atoms. The first kappa shape index (κ1) is 72.4. The molecule has 32 nitrogen and oxygen atoms in total. The number of ether oxygens (including phenoxy) is 19. The predicted octanol–water partition coefficient (Wildman–Crippen LogP) is 1.62. The molecular weight excluding hydrogens is 1260 g/mol. The second-order valence-corrected chi connectivity index (χ2v) is 21.3. The van der Waals surface area contributed by atoms with Gasteiger partial charge in [-0.1, -0.05) is 54.6 Å². The van der Waals surface area contributed by atoms with Gasteiger partial charge in [-0.15, -0.1) is 0 Å². The summed E-state index contributed by atoms with van der Waals surface area (Å²) in [5, 5.41) is 11.9. The summed E-state index contributed by atoms with van der Waals surface area (Å²) in [5.41, 5.74) is 0.0942. The first-order valence-electron chi connectivity index (χ1n) is 29.1. The van der Waals surface area contributed by atoms with Crippen LogP contribution in [0.4, 0.5) is 0 Å². The molecule has 0 saturated carbocycles. The Hall–Kier alpha value is -9.02. The van der Waals surface area contributed by atoms with E-state index < -0.39 is 215 Å². The lowest BCUT2D eigenvalue weighted by atomic mass is 9.96. The molecule has 7 rings (SSSR count). The molecule has 3 aromatic carbocycles. The molecular formula is C62H70O32. The highest BCUT2D eigenvalue weighted by atomic mass is 16.8. The third kappa shape index (κ3) is 20.0. The molecule has 0 radical (unpaired) electrons. The molecule has 1 N–H and O–H groups in total. The SMILES string of the molecule is CC(=O)OC[C@H]1O[C@@H](OC[C@H]2O[C@@H](OC[C@H]3OC(O)[C@H](OC(C)=O)[C@@H](O[C@@H]4O[C@@H](COC(=O)c5ccccc5)[C@H](OC(=O)c5ccccc5)[C@H]4OC(=O)c4ccccc4)[C@H]3OC(C)=O)[C@H](OC(C)=O)[C@@H](OC(C)=O)[C@H]2OC(C)=O)[C@H](OC(C)=O)[C@@H](OC(C)=O)[C@H]1OC(C)=O. The van der Waals surface area contributed by atoms with Gasteiger partial charge in [0, 0.05) is 62.3 Å². The third-order valence-corrected chi connectivity index (χ3v) is 14.0. The Morgan fingerprint density at radius 1 is 0.298 bits per heavy atom. The number of hydrogen-bond donors (Lipinski definition) is 1. The maximum atomic E-state index is 14.1. The minimum atomic E-state index is -2.27. The molecule has 94 heavy (non-hydrogen) atoms.